The van der Waals surface area contributed by atoms with Gasteiger partial charge in [0.1, 0.15) is 29.7 Å². The number of phenolic OH excluding ortho intramolecular Hbond substituents is 1. The molecule has 2 atom stereocenters. The maximum atomic E-state index is 16.9. The summed E-state index contributed by atoms with van der Waals surface area (Å²) in [5, 5.41) is 15.8. The van der Waals surface area contributed by atoms with Gasteiger partial charge in [0.2, 0.25) is 5.88 Å². The van der Waals surface area contributed by atoms with E-state index in [9.17, 15) is 9.50 Å². The van der Waals surface area contributed by atoms with Gasteiger partial charge in [0.05, 0.1) is 5.56 Å². The lowest BCUT2D eigenvalue weighted by molar-refractivity contribution is 0.292. The molecule has 0 saturated carbocycles. The van der Waals surface area contributed by atoms with Crippen molar-refractivity contribution in [2.24, 2.45) is 0 Å². The second kappa shape index (κ2) is 10.2. The van der Waals surface area contributed by atoms with Crippen molar-refractivity contribution in [2.45, 2.75) is 38.5 Å². The monoisotopic (exact) mass is 563 g/mol. The van der Waals surface area contributed by atoms with E-state index >= 15 is 4.39 Å². The Balaban J connectivity index is 1.45. The van der Waals surface area contributed by atoms with E-state index in [-0.39, 0.29) is 29.2 Å². The molecule has 2 bridgehead atoms. The van der Waals surface area contributed by atoms with Gasteiger partial charge in [0.25, 0.3) is 0 Å². The van der Waals surface area contributed by atoms with E-state index in [0.29, 0.717) is 50.9 Å². The summed E-state index contributed by atoms with van der Waals surface area (Å²) in [6.07, 6.45) is 12.8. The minimum absolute atomic E-state index is 0.0198. The van der Waals surface area contributed by atoms with Gasteiger partial charge < -0.3 is 20.1 Å². The van der Waals surface area contributed by atoms with Gasteiger partial charge in [-0.3, -0.25) is 9.97 Å². The molecule has 42 heavy (non-hydrogen) atoms. The number of nitrogens with one attached hydrogen (secondary N) is 1. The molecule has 5 aromatic rings. The molecule has 2 aromatic carbocycles. The van der Waals surface area contributed by atoms with Gasteiger partial charge in [-0.2, -0.15) is 4.98 Å². The molecule has 2 fully saturated rings. The number of nitrogens with zero attached hydrogens (tertiary/aromatic N) is 4. The highest BCUT2D eigenvalue weighted by Crippen LogP contribution is 2.41. The molecular weight excluding hydrogens is 536 g/mol. The van der Waals surface area contributed by atoms with Gasteiger partial charge >= 0.3 is 0 Å². The Hall–Kier alpha value is -4.81. The molecule has 7 nitrogen and oxygen atoms in total. The maximum Gasteiger partial charge on any atom is 0.219 e. The highest BCUT2D eigenvalue weighted by Gasteiger charge is 2.34. The fourth-order valence-corrected chi connectivity index (χ4v) is 6.29. The maximum absolute atomic E-state index is 16.9. The molecule has 3 aromatic heterocycles. The Kier molecular flexibility index (Phi) is 6.36. The molecule has 9 heteroatoms. The van der Waals surface area contributed by atoms with Crippen LogP contribution in [0.5, 0.6) is 11.6 Å². The summed E-state index contributed by atoms with van der Waals surface area (Å²) < 4.78 is 37.8. The van der Waals surface area contributed by atoms with Crippen LogP contribution in [0.25, 0.3) is 32.8 Å². The quantitative estimate of drug-likeness (QED) is 0.268. The fourth-order valence-electron chi connectivity index (χ4n) is 6.29. The third-order valence-corrected chi connectivity index (χ3v) is 8.26. The van der Waals surface area contributed by atoms with Crippen LogP contribution in [-0.4, -0.2) is 45.2 Å². The van der Waals surface area contributed by atoms with Crippen LogP contribution in [0.2, 0.25) is 0 Å². The molecule has 0 aliphatic carbocycles. The second-order valence-corrected chi connectivity index (χ2v) is 10.9. The Labute approximate surface area is 241 Å². The normalized spacial score (nSPS) is 18.0. The molecule has 2 N–H and O–H groups in total. The lowest BCUT2D eigenvalue weighted by Gasteiger charge is -2.34. The smallest absolute Gasteiger partial charge is 0.219 e. The zero-order valence-electron chi connectivity index (χ0n) is 22.9. The summed E-state index contributed by atoms with van der Waals surface area (Å²) >= 11 is 0. The molecule has 5 heterocycles. The number of terminal acetylenes is 1. The zero-order chi connectivity index (χ0) is 29.0. The SMILES string of the molecule is C#Cc1c(F)ccc2cc(O)cc(-c3ncc4c(N5CC6CCC(C5)N6)nc(OCc5ccncc5)c(C)c4c3F)c12. The number of halogens is 2. The van der Waals surface area contributed by atoms with E-state index in [1.54, 1.807) is 25.5 Å². The highest BCUT2D eigenvalue weighted by atomic mass is 19.1. The van der Waals surface area contributed by atoms with E-state index < -0.39 is 11.6 Å². The summed E-state index contributed by atoms with van der Waals surface area (Å²) in [7, 11) is 0. The number of phenols is 1. The van der Waals surface area contributed by atoms with E-state index in [1.165, 1.54) is 24.3 Å². The van der Waals surface area contributed by atoms with Gasteiger partial charge in [-0.1, -0.05) is 12.0 Å². The van der Waals surface area contributed by atoms with E-state index in [4.69, 9.17) is 16.1 Å². The number of hydrogen-bond donors (Lipinski definition) is 2. The number of anilines is 1. The van der Waals surface area contributed by atoms with E-state index in [1.807, 2.05) is 12.1 Å². The van der Waals surface area contributed by atoms with Crippen molar-refractivity contribution < 1.29 is 18.6 Å². The second-order valence-electron chi connectivity index (χ2n) is 10.9. The summed E-state index contributed by atoms with van der Waals surface area (Å²) in [5.41, 5.74) is 1.54. The average molecular weight is 564 g/mol. The lowest BCUT2D eigenvalue weighted by atomic mass is 9.95. The van der Waals surface area contributed by atoms with Crippen molar-refractivity contribution in [1.29, 1.82) is 0 Å². The number of ether oxygens (including phenoxy) is 1. The largest absolute Gasteiger partial charge is 0.508 e. The van der Waals surface area contributed by atoms with Gasteiger partial charge in [-0.15, -0.1) is 6.42 Å². The number of aromatic nitrogens is 3. The van der Waals surface area contributed by atoms with Crippen molar-refractivity contribution in [2.75, 3.05) is 18.0 Å². The number of benzene rings is 2. The number of pyridine rings is 3. The number of aryl methyl sites for hydroxylation is 1. The van der Waals surface area contributed by atoms with Gasteiger partial charge in [0.15, 0.2) is 5.82 Å². The number of aromatic hydroxyl groups is 1. The molecule has 0 radical (unpaired) electrons. The minimum Gasteiger partial charge on any atom is -0.508 e. The minimum atomic E-state index is -0.625. The number of rotatable bonds is 5. The molecule has 210 valence electrons. The van der Waals surface area contributed by atoms with E-state index in [0.717, 1.165) is 31.5 Å². The van der Waals surface area contributed by atoms with Crippen LogP contribution in [0.1, 0.15) is 29.5 Å². The first-order chi connectivity index (χ1) is 20.4. The van der Waals surface area contributed by atoms with E-state index in [2.05, 4.69) is 26.1 Å². The molecule has 2 saturated heterocycles. The Morgan fingerprint density at radius 2 is 1.86 bits per heavy atom. The van der Waals surface area contributed by atoms with Crippen molar-refractivity contribution in [3.63, 3.8) is 0 Å². The molecule has 0 amide bonds. The first-order valence-electron chi connectivity index (χ1n) is 13.8. The molecule has 2 aliphatic heterocycles. The zero-order valence-corrected chi connectivity index (χ0v) is 22.9. The summed E-state index contributed by atoms with van der Waals surface area (Å²) in [4.78, 5) is 15.7. The summed E-state index contributed by atoms with van der Waals surface area (Å²) in [6.45, 7) is 3.46. The van der Waals surface area contributed by atoms with Gasteiger partial charge in [-0.25, -0.2) is 8.78 Å². The molecule has 0 spiro atoms. The third kappa shape index (κ3) is 4.35. The molecule has 2 aliphatic rings. The van der Waals surface area contributed by atoms with Crippen LogP contribution in [0, 0.1) is 30.9 Å². The predicted octanol–water partition coefficient (Wildman–Crippen LogP) is 5.64. The Morgan fingerprint density at radius 1 is 1.10 bits per heavy atom. The van der Waals surface area contributed by atoms with Crippen LogP contribution in [0.4, 0.5) is 14.6 Å². The highest BCUT2D eigenvalue weighted by molar-refractivity contribution is 6.04. The van der Waals surface area contributed by atoms with Crippen LogP contribution in [0.15, 0.2) is 55.0 Å². The first-order valence-corrected chi connectivity index (χ1v) is 13.8. The van der Waals surface area contributed by atoms with Crippen molar-refractivity contribution >= 4 is 27.4 Å². The van der Waals surface area contributed by atoms with Crippen LogP contribution in [-0.2, 0) is 6.61 Å². The van der Waals surface area contributed by atoms with Gasteiger partial charge in [0, 0.05) is 71.0 Å². The number of fused-ring (bicyclic) bond motifs is 4. The Morgan fingerprint density at radius 3 is 2.60 bits per heavy atom. The standard InChI is InChI=1S/C33H27F2N5O2/c1-3-24-27(34)7-4-20-12-23(41)13-25(29(20)24)31-30(35)28-18(2)33(42-17-19-8-10-36-11-9-19)39-32(26(28)14-37-31)40-15-21-5-6-22(16-40)38-21/h1,4,7-14,21-22,38,41H,5-6,15-17H2,2H3. The number of piperazine rings is 1. The fraction of sp³-hybridized carbons (Fsp3) is 0.242. The molecule has 2 unspecified atom stereocenters. The predicted molar refractivity (Wildman–Crippen MR) is 157 cm³/mol. The summed E-state index contributed by atoms with van der Waals surface area (Å²) in [5.74, 6) is 1.96. The molecule has 7 rings (SSSR count). The number of hydrogen-bond acceptors (Lipinski definition) is 7. The van der Waals surface area contributed by atoms with Crippen molar-refractivity contribution in [3.8, 4) is 35.2 Å². The van der Waals surface area contributed by atoms with Crippen LogP contribution < -0.4 is 15.0 Å². The topological polar surface area (TPSA) is 83.4 Å². The van der Waals surface area contributed by atoms with Crippen LogP contribution >= 0.6 is 0 Å². The summed E-state index contributed by atoms with van der Waals surface area (Å²) in [6, 6.07) is 9.93. The van der Waals surface area contributed by atoms with Crippen molar-refractivity contribution in [1.82, 2.24) is 20.3 Å². The Bertz CT molecular complexity index is 1900. The molecular formula is C33H27F2N5O2. The van der Waals surface area contributed by atoms with Crippen LogP contribution in [0.3, 0.4) is 0 Å². The first kappa shape index (κ1) is 26.1. The lowest BCUT2D eigenvalue weighted by Crippen LogP contribution is -2.51. The van der Waals surface area contributed by atoms with Crippen molar-refractivity contribution in [3.05, 3.63) is 83.3 Å². The average Bonchev–Trinajstić information content (AvgIpc) is 3.34. The third-order valence-electron chi connectivity index (χ3n) is 8.26. The van der Waals surface area contributed by atoms with Gasteiger partial charge in [-0.05, 0) is 61.0 Å².